The predicted molar refractivity (Wildman–Crippen MR) is 109 cm³/mol. The van der Waals surface area contributed by atoms with E-state index in [-0.39, 0.29) is 5.91 Å². The zero-order valence-corrected chi connectivity index (χ0v) is 16.7. The summed E-state index contributed by atoms with van der Waals surface area (Å²) < 4.78 is 6.03. The Morgan fingerprint density at radius 2 is 1.90 bits per heavy atom. The van der Waals surface area contributed by atoms with Crippen LogP contribution in [-0.4, -0.2) is 22.0 Å². The molecule has 2 saturated carbocycles. The van der Waals surface area contributed by atoms with Crippen molar-refractivity contribution in [2.75, 3.05) is 5.32 Å². The maximum absolute atomic E-state index is 12.1. The number of benzene rings is 1. The molecule has 2 unspecified atom stereocenters. The van der Waals surface area contributed by atoms with E-state index in [1.807, 2.05) is 18.2 Å². The smallest absolute Gasteiger partial charge is 0.307 e. The quantitative estimate of drug-likeness (QED) is 0.675. The highest BCUT2D eigenvalue weighted by Crippen LogP contribution is 2.41. The lowest BCUT2D eigenvalue weighted by Gasteiger charge is -2.24. The maximum Gasteiger partial charge on any atom is 0.307 e. The van der Waals surface area contributed by atoms with Gasteiger partial charge < -0.3 is 15.2 Å². The number of ether oxygens (including phenoxy) is 1. The second kappa shape index (κ2) is 8.41. The van der Waals surface area contributed by atoms with Gasteiger partial charge in [0, 0.05) is 11.1 Å². The van der Waals surface area contributed by atoms with Gasteiger partial charge in [-0.25, -0.2) is 4.98 Å². The largest absolute Gasteiger partial charge is 0.481 e. The van der Waals surface area contributed by atoms with Crippen LogP contribution in [0.1, 0.15) is 50.0 Å². The fourth-order valence-electron chi connectivity index (χ4n) is 3.96. The van der Waals surface area contributed by atoms with Crippen molar-refractivity contribution in [2.45, 2.75) is 44.4 Å². The molecule has 1 aromatic carbocycles. The monoisotopic (exact) mass is 414 g/mol. The minimum Gasteiger partial charge on any atom is -0.481 e. The number of rotatable bonds is 6. The summed E-state index contributed by atoms with van der Waals surface area (Å²) >= 11 is 6.22. The Morgan fingerprint density at radius 3 is 2.55 bits per heavy atom. The van der Waals surface area contributed by atoms with Gasteiger partial charge in [0.15, 0.2) is 0 Å². The van der Waals surface area contributed by atoms with Gasteiger partial charge >= 0.3 is 5.97 Å². The number of nitrogens with zero attached hydrogens (tertiary/aromatic N) is 1. The fourth-order valence-corrected chi connectivity index (χ4v) is 4.15. The van der Waals surface area contributed by atoms with Crippen molar-refractivity contribution in [3.8, 4) is 11.6 Å². The lowest BCUT2D eigenvalue weighted by Crippen LogP contribution is -2.16. The third-order valence-electron chi connectivity index (χ3n) is 5.68. The standard InChI is InChI=1S/C22H23ClN2O4/c23-14-6-8-19(16(10-14)13-4-2-1-3-5-13)29-20-9-7-15(12-24-20)25-21(26)17-11-18(17)22(27)28/h6-10,12-13,17-18H,1-5,11H2,(H,25,26)(H,27,28). The number of aliphatic carboxylic acids is 1. The Bertz CT molecular complexity index is 910. The Balaban J connectivity index is 1.43. The van der Waals surface area contributed by atoms with Gasteiger partial charge in [-0.1, -0.05) is 30.9 Å². The Labute approximate surface area is 174 Å². The van der Waals surface area contributed by atoms with Crippen molar-refractivity contribution in [1.29, 1.82) is 0 Å². The van der Waals surface area contributed by atoms with E-state index in [1.54, 1.807) is 12.1 Å². The number of carboxylic acids is 1. The van der Waals surface area contributed by atoms with Crippen molar-refractivity contribution in [1.82, 2.24) is 4.98 Å². The molecule has 0 aliphatic heterocycles. The molecule has 2 aromatic rings. The lowest BCUT2D eigenvalue weighted by molar-refractivity contribution is -0.139. The minimum atomic E-state index is -0.927. The first kappa shape index (κ1) is 19.7. The van der Waals surface area contributed by atoms with Crippen molar-refractivity contribution < 1.29 is 19.4 Å². The minimum absolute atomic E-state index is 0.287. The van der Waals surface area contributed by atoms with Crippen LogP contribution in [0, 0.1) is 11.8 Å². The molecule has 2 aliphatic carbocycles. The van der Waals surface area contributed by atoms with E-state index < -0.39 is 17.8 Å². The average molecular weight is 415 g/mol. The van der Waals surface area contributed by atoms with Crippen LogP contribution in [0.4, 0.5) is 5.69 Å². The molecule has 1 amide bonds. The van der Waals surface area contributed by atoms with Gasteiger partial charge in [0.05, 0.1) is 23.7 Å². The van der Waals surface area contributed by atoms with Crippen molar-refractivity contribution >= 4 is 29.2 Å². The number of aromatic nitrogens is 1. The van der Waals surface area contributed by atoms with Crippen LogP contribution in [0.25, 0.3) is 0 Å². The summed E-state index contributed by atoms with van der Waals surface area (Å²) in [7, 11) is 0. The molecule has 0 saturated heterocycles. The Kier molecular flexibility index (Phi) is 5.72. The fraction of sp³-hybridized carbons (Fsp3) is 0.409. The van der Waals surface area contributed by atoms with Gasteiger partial charge in [0.2, 0.25) is 11.8 Å². The number of pyridine rings is 1. The van der Waals surface area contributed by atoms with Gasteiger partial charge in [-0.2, -0.15) is 0 Å². The summed E-state index contributed by atoms with van der Waals surface area (Å²) in [6.45, 7) is 0. The molecule has 2 aliphatic rings. The molecule has 2 N–H and O–H groups in total. The zero-order valence-electron chi connectivity index (χ0n) is 15.9. The van der Waals surface area contributed by atoms with E-state index in [9.17, 15) is 9.59 Å². The first-order chi connectivity index (χ1) is 14.0. The molecule has 0 bridgehead atoms. The van der Waals surface area contributed by atoms with E-state index in [1.165, 1.54) is 25.5 Å². The summed E-state index contributed by atoms with van der Waals surface area (Å²) in [5, 5.41) is 12.3. The van der Waals surface area contributed by atoms with Gasteiger partial charge in [-0.3, -0.25) is 9.59 Å². The predicted octanol–water partition coefficient (Wildman–Crippen LogP) is 5.23. The summed E-state index contributed by atoms with van der Waals surface area (Å²) in [5.74, 6) is -0.625. The molecule has 2 fully saturated rings. The SMILES string of the molecule is O=C(O)C1CC1C(=O)Nc1ccc(Oc2ccc(Cl)cc2C2CCCCC2)nc1. The van der Waals surface area contributed by atoms with Crippen molar-refractivity contribution in [3.63, 3.8) is 0 Å². The second-order valence-corrected chi connectivity index (χ2v) is 8.22. The molecule has 0 radical (unpaired) electrons. The average Bonchev–Trinajstić information content (AvgIpc) is 3.53. The van der Waals surface area contributed by atoms with Crippen molar-refractivity contribution in [3.05, 3.63) is 47.1 Å². The molecule has 29 heavy (non-hydrogen) atoms. The van der Waals surface area contributed by atoms with Crippen LogP contribution in [0.5, 0.6) is 11.6 Å². The number of halogens is 1. The van der Waals surface area contributed by atoms with Gasteiger partial charge in [0.1, 0.15) is 5.75 Å². The third-order valence-corrected chi connectivity index (χ3v) is 5.91. The number of carbonyl (C=O) groups excluding carboxylic acids is 1. The van der Waals surface area contributed by atoms with E-state index >= 15 is 0 Å². The number of nitrogens with one attached hydrogen (secondary N) is 1. The zero-order chi connectivity index (χ0) is 20.4. The van der Waals surface area contributed by atoms with Gasteiger partial charge in [-0.15, -0.1) is 0 Å². The maximum atomic E-state index is 12.1. The first-order valence-corrected chi connectivity index (χ1v) is 10.4. The molecule has 1 heterocycles. The van der Waals surface area contributed by atoms with Crippen LogP contribution in [-0.2, 0) is 9.59 Å². The highest BCUT2D eigenvalue weighted by molar-refractivity contribution is 6.30. The van der Waals surface area contributed by atoms with E-state index in [2.05, 4.69) is 10.3 Å². The van der Waals surface area contributed by atoms with Gasteiger partial charge in [-0.05, 0) is 55.0 Å². The normalized spacial score (nSPS) is 21.4. The van der Waals surface area contributed by atoms with Crippen LogP contribution in [0.15, 0.2) is 36.5 Å². The lowest BCUT2D eigenvalue weighted by atomic mass is 9.84. The molecule has 152 valence electrons. The molecular weight excluding hydrogens is 392 g/mol. The Morgan fingerprint density at radius 1 is 1.10 bits per heavy atom. The molecule has 6 nitrogen and oxygen atoms in total. The first-order valence-electron chi connectivity index (χ1n) is 9.98. The van der Waals surface area contributed by atoms with Crippen molar-refractivity contribution in [2.24, 2.45) is 11.8 Å². The highest BCUT2D eigenvalue weighted by atomic mass is 35.5. The number of hydrogen-bond acceptors (Lipinski definition) is 4. The van der Waals surface area contributed by atoms with Crippen LogP contribution in [0.2, 0.25) is 5.02 Å². The van der Waals surface area contributed by atoms with E-state index in [0.29, 0.717) is 28.9 Å². The molecule has 1 aromatic heterocycles. The summed E-state index contributed by atoms with van der Waals surface area (Å²) in [4.78, 5) is 27.2. The number of carbonyl (C=O) groups is 2. The molecule has 0 spiro atoms. The van der Waals surface area contributed by atoms with Crippen LogP contribution >= 0.6 is 11.6 Å². The second-order valence-electron chi connectivity index (χ2n) is 7.78. The number of anilines is 1. The van der Waals surface area contributed by atoms with Crippen LogP contribution < -0.4 is 10.1 Å². The highest BCUT2D eigenvalue weighted by Gasteiger charge is 2.48. The van der Waals surface area contributed by atoms with Crippen LogP contribution in [0.3, 0.4) is 0 Å². The molecule has 4 rings (SSSR count). The molecule has 7 heteroatoms. The summed E-state index contributed by atoms with van der Waals surface area (Å²) in [5.41, 5.74) is 1.63. The Hall–Kier alpha value is -2.60. The van der Waals surface area contributed by atoms with Gasteiger partial charge in [0.25, 0.3) is 0 Å². The summed E-state index contributed by atoms with van der Waals surface area (Å²) in [6.07, 6.45) is 7.87. The number of hydrogen-bond donors (Lipinski definition) is 2. The molecule has 2 atom stereocenters. The topological polar surface area (TPSA) is 88.5 Å². The number of carboxylic acid groups (broad SMARTS) is 1. The van der Waals surface area contributed by atoms with E-state index in [4.69, 9.17) is 21.4 Å². The van der Waals surface area contributed by atoms with E-state index in [0.717, 1.165) is 24.2 Å². The molecular formula is C22H23ClN2O4. The number of amides is 1. The third kappa shape index (κ3) is 4.70. The summed E-state index contributed by atoms with van der Waals surface area (Å²) in [6, 6.07) is 9.07.